The largest absolute Gasteiger partial charge is 0.370 e. The Kier molecular flexibility index (Phi) is 6.13. The first kappa shape index (κ1) is 19.4. The molecule has 0 aliphatic carbocycles. The molecule has 1 aliphatic rings. The zero-order chi connectivity index (χ0) is 19.4. The van der Waals surface area contributed by atoms with Crippen LogP contribution in [0, 0.1) is 0 Å². The van der Waals surface area contributed by atoms with Crippen molar-refractivity contribution in [3.05, 3.63) is 57.2 Å². The van der Waals surface area contributed by atoms with Gasteiger partial charge in [0.15, 0.2) is 0 Å². The van der Waals surface area contributed by atoms with E-state index in [-0.39, 0.29) is 29.0 Å². The van der Waals surface area contributed by atoms with Gasteiger partial charge in [0.25, 0.3) is 5.91 Å². The lowest BCUT2D eigenvalue weighted by atomic mass is 10.1. The van der Waals surface area contributed by atoms with Crippen LogP contribution >= 0.6 is 22.9 Å². The van der Waals surface area contributed by atoms with Crippen molar-refractivity contribution in [1.82, 2.24) is 10.2 Å². The highest BCUT2D eigenvalue weighted by Crippen LogP contribution is 2.35. The second-order valence-electron chi connectivity index (χ2n) is 6.38. The average Bonchev–Trinajstić information content (AvgIpc) is 3.31. The van der Waals surface area contributed by atoms with Crippen molar-refractivity contribution >= 4 is 40.7 Å². The molecule has 1 saturated heterocycles. The van der Waals surface area contributed by atoms with Crippen molar-refractivity contribution < 1.29 is 14.4 Å². The van der Waals surface area contributed by atoms with Gasteiger partial charge in [-0.25, -0.2) is 0 Å². The summed E-state index contributed by atoms with van der Waals surface area (Å²) in [5.41, 5.74) is 5.57. The molecule has 1 aromatic heterocycles. The van der Waals surface area contributed by atoms with Crippen molar-refractivity contribution in [3.63, 3.8) is 0 Å². The van der Waals surface area contributed by atoms with Gasteiger partial charge in [0.05, 0.1) is 23.0 Å². The van der Waals surface area contributed by atoms with Gasteiger partial charge in [0, 0.05) is 11.4 Å². The molecule has 0 spiro atoms. The second-order valence-corrected chi connectivity index (χ2v) is 7.77. The van der Waals surface area contributed by atoms with E-state index in [0.29, 0.717) is 6.54 Å². The maximum atomic E-state index is 13.1. The third kappa shape index (κ3) is 4.48. The van der Waals surface area contributed by atoms with Crippen molar-refractivity contribution in [2.75, 3.05) is 6.54 Å². The molecular formula is C19H20ClN3O3S. The summed E-state index contributed by atoms with van der Waals surface area (Å²) in [6.45, 7) is 0.582. The molecule has 2 atom stereocenters. The number of benzene rings is 1. The van der Waals surface area contributed by atoms with Gasteiger partial charge in [-0.15, -0.1) is 11.3 Å². The van der Waals surface area contributed by atoms with Crippen LogP contribution in [0.25, 0.3) is 0 Å². The van der Waals surface area contributed by atoms with Crippen LogP contribution in [0.2, 0.25) is 5.02 Å². The molecule has 0 bridgehead atoms. The summed E-state index contributed by atoms with van der Waals surface area (Å²) in [5.74, 6) is -1.46. The van der Waals surface area contributed by atoms with Crippen LogP contribution in [0.15, 0.2) is 41.8 Å². The Morgan fingerprint density at radius 1 is 1.26 bits per heavy atom. The summed E-state index contributed by atoms with van der Waals surface area (Å²) in [6.07, 6.45) is 1.47. The van der Waals surface area contributed by atoms with Gasteiger partial charge < -0.3 is 16.0 Å². The molecule has 1 aromatic carbocycles. The van der Waals surface area contributed by atoms with E-state index in [9.17, 15) is 14.4 Å². The SMILES string of the molecule is NC(=O)C[C@H](NC(=O)c1ccccc1Cl)C(=O)N1CCC[C@@H]1c1cccs1. The Morgan fingerprint density at radius 2 is 2.04 bits per heavy atom. The maximum absolute atomic E-state index is 13.1. The number of thiophene rings is 1. The third-order valence-electron chi connectivity index (χ3n) is 4.53. The first-order chi connectivity index (χ1) is 13.0. The van der Waals surface area contributed by atoms with E-state index in [0.717, 1.165) is 17.7 Å². The quantitative estimate of drug-likeness (QED) is 0.773. The molecule has 1 aliphatic heterocycles. The van der Waals surface area contributed by atoms with E-state index < -0.39 is 17.9 Å². The fourth-order valence-electron chi connectivity index (χ4n) is 3.29. The molecule has 6 nitrogen and oxygen atoms in total. The van der Waals surface area contributed by atoms with Gasteiger partial charge in [-0.2, -0.15) is 0 Å². The molecule has 3 rings (SSSR count). The number of nitrogens with zero attached hydrogens (tertiary/aromatic N) is 1. The van der Waals surface area contributed by atoms with Crippen LogP contribution in [0.3, 0.4) is 0 Å². The van der Waals surface area contributed by atoms with E-state index in [1.54, 1.807) is 40.5 Å². The van der Waals surface area contributed by atoms with Crippen LogP contribution in [-0.2, 0) is 9.59 Å². The number of amides is 3. The van der Waals surface area contributed by atoms with Crippen LogP contribution < -0.4 is 11.1 Å². The van der Waals surface area contributed by atoms with E-state index in [2.05, 4.69) is 5.32 Å². The summed E-state index contributed by atoms with van der Waals surface area (Å²) >= 11 is 7.65. The zero-order valence-corrected chi connectivity index (χ0v) is 16.1. The maximum Gasteiger partial charge on any atom is 0.253 e. The average molecular weight is 406 g/mol. The number of nitrogens with one attached hydrogen (secondary N) is 1. The number of likely N-dealkylation sites (tertiary alicyclic amines) is 1. The van der Waals surface area contributed by atoms with Crippen molar-refractivity contribution in [1.29, 1.82) is 0 Å². The first-order valence-corrected chi connectivity index (χ1v) is 9.90. The fraction of sp³-hybridized carbons (Fsp3) is 0.316. The van der Waals surface area contributed by atoms with Crippen LogP contribution in [0.4, 0.5) is 0 Å². The molecule has 0 saturated carbocycles. The molecule has 1 fully saturated rings. The van der Waals surface area contributed by atoms with Crippen molar-refractivity contribution in [2.24, 2.45) is 5.73 Å². The molecule has 0 unspecified atom stereocenters. The fourth-order valence-corrected chi connectivity index (χ4v) is 4.39. The van der Waals surface area contributed by atoms with Gasteiger partial charge in [0.2, 0.25) is 11.8 Å². The Balaban J connectivity index is 1.79. The van der Waals surface area contributed by atoms with Crippen LogP contribution in [-0.4, -0.2) is 35.2 Å². The first-order valence-electron chi connectivity index (χ1n) is 8.65. The summed E-state index contributed by atoms with van der Waals surface area (Å²) < 4.78 is 0. The Labute approximate surface area is 166 Å². The van der Waals surface area contributed by atoms with Crippen LogP contribution in [0.1, 0.15) is 40.5 Å². The summed E-state index contributed by atoms with van der Waals surface area (Å²) in [5, 5.41) is 4.88. The second kappa shape index (κ2) is 8.54. The highest BCUT2D eigenvalue weighted by atomic mass is 35.5. The number of rotatable bonds is 6. The zero-order valence-electron chi connectivity index (χ0n) is 14.6. The molecular weight excluding hydrogens is 386 g/mol. The predicted molar refractivity (Wildman–Crippen MR) is 105 cm³/mol. The Hall–Kier alpha value is -2.38. The van der Waals surface area contributed by atoms with Crippen molar-refractivity contribution in [3.8, 4) is 0 Å². The predicted octanol–water partition coefficient (Wildman–Crippen LogP) is 2.74. The number of primary amides is 1. The lowest BCUT2D eigenvalue weighted by molar-refractivity contribution is -0.136. The van der Waals surface area contributed by atoms with E-state index >= 15 is 0 Å². The number of nitrogens with two attached hydrogens (primary N) is 1. The molecule has 3 amide bonds. The van der Waals surface area contributed by atoms with Gasteiger partial charge >= 0.3 is 0 Å². The molecule has 2 aromatic rings. The van der Waals surface area contributed by atoms with Crippen molar-refractivity contribution in [2.45, 2.75) is 31.3 Å². The third-order valence-corrected chi connectivity index (χ3v) is 5.84. The number of hydrogen-bond acceptors (Lipinski definition) is 4. The molecule has 27 heavy (non-hydrogen) atoms. The van der Waals surface area contributed by atoms with Gasteiger partial charge in [-0.05, 0) is 36.4 Å². The minimum Gasteiger partial charge on any atom is -0.370 e. The summed E-state index contributed by atoms with van der Waals surface area (Å²) in [7, 11) is 0. The van der Waals surface area contributed by atoms with Gasteiger partial charge in [0.1, 0.15) is 6.04 Å². The van der Waals surface area contributed by atoms with E-state index in [1.807, 2.05) is 17.5 Å². The Bertz CT molecular complexity index is 840. The van der Waals surface area contributed by atoms with E-state index in [1.165, 1.54) is 0 Å². The minimum atomic E-state index is -1.02. The van der Waals surface area contributed by atoms with Gasteiger partial charge in [-0.1, -0.05) is 29.8 Å². The standard InChI is InChI=1S/C19H20ClN3O3S/c20-13-6-2-1-5-12(13)18(25)22-14(11-17(21)24)19(26)23-9-3-7-15(23)16-8-4-10-27-16/h1-2,4-6,8,10,14-15H,3,7,9,11H2,(H2,21,24)(H,22,25)/t14-,15+/m0/s1. The number of halogens is 1. The monoisotopic (exact) mass is 405 g/mol. The summed E-state index contributed by atoms with van der Waals surface area (Å²) in [4.78, 5) is 40.0. The Morgan fingerprint density at radius 3 is 2.70 bits per heavy atom. The molecule has 0 radical (unpaired) electrons. The topological polar surface area (TPSA) is 92.5 Å². The molecule has 8 heteroatoms. The molecule has 3 N–H and O–H groups in total. The van der Waals surface area contributed by atoms with Gasteiger partial charge in [-0.3, -0.25) is 14.4 Å². The highest BCUT2D eigenvalue weighted by Gasteiger charge is 2.36. The normalized spacial score (nSPS) is 17.5. The molecule has 2 heterocycles. The molecule has 142 valence electrons. The lowest BCUT2D eigenvalue weighted by Crippen LogP contribution is -2.50. The smallest absolute Gasteiger partial charge is 0.253 e. The number of hydrogen-bond donors (Lipinski definition) is 2. The summed E-state index contributed by atoms with van der Waals surface area (Å²) in [6, 6.07) is 9.42. The number of carbonyl (C=O) groups excluding carboxylic acids is 3. The lowest BCUT2D eigenvalue weighted by Gasteiger charge is -2.28. The number of carbonyl (C=O) groups is 3. The minimum absolute atomic E-state index is 0.0370. The van der Waals surface area contributed by atoms with Crippen LogP contribution in [0.5, 0.6) is 0 Å². The van der Waals surface area contributed by atoms with E-state index in [4.69, 9.17) is 17.3 Å². The highest BCUT2D eigenvalue weighted by molar-refractivity contribution is 7.10.